The van der Waals surface area contributed by atoms with Gasteiger partial charge in [-0.25, -0.2) is 4.79 Å². The zero-order valence-electron chi connectivity index (χ0n) is 18.1. The molecule has 4 rings (SSSR count). The summed E-state index contributed by atoms with van der Waals surface area (Å²) < 4.78 is 10.3. The number of hydrogen-bond donors (Lipinski definition) is 2. The molecule has 2 N–H and O–H groups in total. The molecule has 2 heterocycles. The van der Waals surface area contributed by atoms with E-state index in [-0.39, 0.29) is 22.8 Å². The van der Waals surface area contributed by atoms with E-state index in [4.69, 9.17) is 20.9 Å². The quantitative estimate of drug-likeness (QED) is 0.144. The van der Waals surface area contributed by atoms with Crippen LogP contribution < -0.4 is 10.6 Å². The van der Waals surface area contributed by atoms with E-state index in [0.29, 0.717) is 30.1 Å². The Labute approximate surface area is 199 Å². The van der Waals surface area contributed by atoms with Crippen LogP contribution in [0.2, 0.25) is 5.02 Å². The van der Waals surface area contributed by atoms with E-state index in [0.717, 1.165) is 16.6 Å². The number of aromatic nitrogens is 2. The fourth-order valence-electron chi connectivity index (χ4n) is 3.43. The van der Waals surface area contributed by atoms with Crippen LogP contribution in [0.25, 0.3) is 22.2 Å². The SMILES string of the molecule is COC(=O)c1c(NCCCNc2ccnc3cc(Cl)ccc23)noc1-c1ccc([N+](=O)[O-])cc1. The summed E-state index contributed by atoms with van der Waals surface area (Å²) in [6.45, 7) is 1.15. The lowest BCUT2D eigenvalue weighted by atomic mass is 10.1. The highest BCUT2D eigenvalue weighted by Gasteiger charge is 2.25. The number of nitro groups is 1. The monoisotopic (exact) mass is 481 g/mol. The first-order valence-corrected chi connectivity index (χ1v) is 10.7. The van der Waals surface area contributed by atoms with Gasteiger partial charge in [-0.3, -0.25) is 15.1 Å². The summed E-state index contributed by atoms with van der Waals surface area (Å²) in [6.07, 6.45) is 2.43. The van der Waals surface area contributed by atoms with Crippen LogP contribution in [0.3, 0.4) is 0 Å². The minimum atomic E-state index is -0.628. The summed E-state index contributed by atoms with van der Waals surface area (Å²) in [4.78, 5) is 27.1. The Balaban J connectivity index is 1.41. The van der Waals surface area contributed by atoms with Gasteiger partial charge in [0, 0.05) is 53.1 Å². The number of methoxy groups -OCH3 is 1. The van der Waals surface area contributed by atoms with Gasteiger partial charge in [0.15, 0.2) is 17.1 Å². The first-order chi connectivity index (χ1) is 16.5. The Morgan fingerprint density at radius 2 is 1.91 bits per heavy atom. The standard InChI is InChI=1S/C23H20ClN5O5/c1-33-23(30)20-21(14-3-6-16(7-4-14)29(31)32)34-28-22(20)27-11-2-10-25-18-9-12-26-19-13-15(24)5-8-17(18)19/h3-9,12-13H,2,10-11H2,1H3,(H,25,26)(H,27,28). The molecule has 0 amide bonds. The molecular weight excluding hydrogens is 462 g/mol. The molecule has 2 aromatic heterocycles. The van der Waals surface area contributed by atoms with Crippen LogP contribution in [-0.2, 0) is 4.74 Å². The Kier molecular flexibility index (Phi) is 6.88. The van der Waals surface area contributed by atoms with E-state index < -0.39 is 10.9 Å². The van der Waals surface area contributed by atoms with E-state index in [1.807, 2.05) is 24.3 Å². The third-order valence-corrected chi connectivity index (χ3v) is 5.32. The number of rotatable bonds is 9. The van der Waals surface area contributed by atoms with Crippen LogP contribution in [0.1, 0.15) is 16.8 Å². The number of carbonyl (C=O) groups excluding carboxylic acids is 1. The molecule has 10 nitrogen and oxygen atoms in total. The second-order valence-corrected chi connectivity index (χ2v) is 7.69. The molecule has 0 atom stereocenters. The summed E-state index contributed by atoms with van der Waals surface area (Å²) >= 11 is 6.04. The fraction of sp³-hybridized carbons (Fsp3) is 0.174. The highest BCUT2D eigenvalue weighted by molar-refractivity contribution is 6.31. The first kappa shape index (κ1) is 23.0. The van der Waals surface area contributed by atoms with Crippen molar-refractivity contribution in [3.8, 4) is 11.3 Å². The Hall–Kier alpha value is -4.18. The summed E-state index contributed by atoms with van der Waals surface area (Å²) in [5, 5.41) is 22.9. The first-order valence-electron chi connectivity index (χ1n) is 10.3. The van der Waals surface area contributed by atoms with Crippen molar-refractivity contribution in [2.24, 2.45) is 0 Å². The number of benzene rings is 2. The van der Waals surface area contributed by atoms with Gasteiger partial charge < -0.3 is 19.9 Å². The van der Waals surface area contributed by atoms with Crippen molar-refractivity contribution in [3.63, 3.8) is 0 Å². The highest BCUT2D eigenvalue weighted by atomic mass is 35.5. The number of ether oxygens (including phenoxy) is 1. The molecule has 0 saturated heterocycles. The van der Waals surface area contributed by atoms with Gasteiger partial charge in [0.25, 0.3) is 5.69 Å². The number of pyridine rings is 1. The van der Waals surface area contributed by atoms with E-state index in [2.05, 4.69) is 20.8 Å². The Morgan fingerprint density at radius 1 is 1.15 bits per heavy atom. The molecule has 0 aliphatic rings. The number of esters is 1. The molecule has 0 aliphatic carbocycles. The Bertz CT molecular complexity index is 1340. The second kappa shape index (κ2) is 10.2. The summed E-state index contributed by atoms with van der Waals surface area (Å²) in [6, 6.07) is 13.1. The van der Waals surface area contributed by atoms with Crippen molar-refractivity contribution in [3.05, 3.63) is 75.4 Å². The molecule has 0 saturated carbocycles. The van der Waals surface area contributed by atoms with Gasteiger partial charge in [0.05, 0.1) is 17.5 Å². The van der Waals surface area contributed by atoms with Crippen LogP contribution >= 0.6 is 11.6 Å². The highest BCUT2D eigenvalue weighted by Crippen LogP contribution is 2.31. The molecular formula is C23H20ClN5O5. The summed E-state index contributed by atoms with van der Waals surface area (Å²) in [5.41, 5.74) is 2.27. The molecule has 34 heavy (non-hydrogen) atoms. The van der Waals surface area contributed by atoms with Crippen LogP contribution in [-0.4, -0.2) is 41.2 Å². The summed E-state index contributed by atoms with van der Waals surface area (Å²) in [7, 11) is 1.26. The van der Waals surface area contributed by atoms with Crippen LogP contribution in [0.15, 0.2) is 59.3 Å². The average Bonchev–Trinajstić information content (AvgIpc) is 3.27. The number of non-ortho nitro benzene ring substituents is 1. The third kappa shape index (κ3) is 4.91. The van der Waals surface area contributed by atoms with Gasteiger partial charge >= 0.3 is 5.97 Å². The molecule has 0 bridgehead atoms. The lowest BCUT2D eigenvalue weighted by Crippen LogP contribution is -2.12. The van der Waals surface area contributed by atoms with E-state index in [9.17, 15) is 14.9 Å². The smallest absolute Gasteiger partial charge is 0.345 e. The van der Waals surface area contributed by atoms with Gasteiger partial charge in [-0.15, -0.1) is 0 Å². The largest absolute Gasteiger partial charge is 0.465 e. The minimum absolute atomic E-state index is 0.0706. The lowest BCUT2D eigenvalue weighted by Gasteiger charge is -2.10. The van der Waals surface area contributed by atoms with Crippen molar-refractivity contribution >= 4 is 45.7 Å². The second-order valence-electron chi connectivity index (χ2n) is 7.26. The number of carbonyl (C=O) groups is 1. The van der Waals surface area contributed by atoms with E-state index in [1.54, 1.807) is 6.20 Å². The fourth-order valence-corrected chi connectivity index (χ4v) is 3.59. The van der Waals surface area contributed by atoms with Crippen molar-refractivity contribution < 1.29 is 19.0 Å². The molecule has 0 spiro atoms. The molecule has 0 aliphatic heterocycles. The molecule has 2 aromatic carbocycles. The number of nitrogens with one attached hydrogen (secondary N) is 2. The van der Waals surface area contributed by atoms with Gasteiger partial charge in [-0.05, 0) is 42.8 Å². The number of anilines is 2. The lowest BCUT2D eigenvalue weighted by molar-refractivity contribution is -0.384. The van der Waals surface area contributed by atoms with Crippen LogP contribution in [0.4, 0.5) is 17.2 Å². The van der Waals surface area contributed by atoms with E-state index >= 15 is 0 Å². The normalized spacial score (nSPS) is 10.8. The van der Waals surface area contributed by atoms with Crippen molar-refractivity contribution in [1.82, 2.24) is 10.1 Å². The van der Waals surface area contributed by atoms with Gasteiger partial charge in [-0.2, -0.15) is 0 Å². The van der Waals surface area contributed by atoms with Gasteiger partial charge in [0.2, 0.25) is 0 Å². The topological polar surface area (TPSA) is 132 Å². The maximum atomic E-state index is 12.4. The predicted molar refractivity (Wildman–Crippen MR) is 128 cm³/mol. The maximum Gasteiger partial charge on any atom is 0.345 e. The predicted octanol–water partition coefficient (Wildman–Crippen LogP) is 5.15. The molecule has 0 unspecified atom stereocenters. The van der Waals surface area contributed by atoms with Crippen LogP contribution in [0.5, 0.6) is 0 Å². The van der Waals surface area contributed by atoms with Crippen LogP contribution in [0, 0.1) is 10.1 Å². The minimum Gasteiger partial charge on any atom is -0.465 e. The molecule has 0 fully saturated rings. The average molecular weight is 482 g/mol. The summed E-state index contributed by atoms with van der Waals surface area (Å²) in [5.74, 6) is -0.217. The van der Waals surface area contributed by atoms with Gasteiger partial charge in [0.1, 0.15) is 0 Å². The Morgan fingerprint density at radius 3 is 2.65 bits per heavy atom. The zero-order valence-corrected chi connectivity index (χ0v) is 18.8. The third-order valence-electron chi connectivity index (χ3n) is 5.09. The van der Waals surface area contributed by atoms with Crippen molar-refractivity contribution in [2.45, 2.75) is 6.42 Å². The molecule has 174 valence electrons. The number of nitrogens with zero attached hydrogens (tertiary/aromatic N) is 3. The number of halogens is 1. The number of fused-ring (bicyclic) bond motifs is 1. The molecule has 11 heteroatoms. The number of nitro benzene ring substituents is 1. The van der Waals surface area contributed by atoms with Crippen molar-refractivity contribution in [1.29, 1.82) is 0 Å². The molecule has 0 radical (unpaired) electrons. The van der Waals surface area contributed by atoms with Gasteiger partial charge in [-0.1, -0.05) is 16.8 Å². The van der Waals surface area contributed by atoms with E-state index in [1.165, 1.54) is 31.4 Å². The number of hydrogen-bond acceptors (Lipinski definition) is 9. The zero-order chi connectivity index (χ0) is 24.1. The molecule has 4 aromatic rings. The van der Waals surface area contributed by atoms with Crippen molar-refractivity contribution in [2.75, 3.05) is 30.8 Å². The maximum absolute atomic E-state index is 12.4.